The van der Waals surface area contributed by atoms with Crippen LogP contribution in [0, 0.1) is 17.2 Å². The molecule has 30 heavy (non-hydrogen) atoms. The number of rotatable bonds is 7. The Kier molecular flexibility index (Phi) is 7.20. The third kappa shape index (κ3) is 5.11. The highest BCUT2D eigenvalue weighted by Crippen LogP contribution is 2.24. The maximum Gasteiger partial charge on any atom is 0.178 e. The molecule has 5 nitrogen and oxygen atoms in total. The first kappa shape index (κ1) is 21.1. The van der Waals surface area contributed by atoms with Crippen LogP contribution in [0.1, 0.15) is 55.3 Å². The van der Waals surface area contributed by atoms with Crippen molar-refractivity contribution in [1.82, 2.24) is 14.4 Å². The van der Waals surface area contributed by atoms with Gasteiger partial charge in [-0.05, 0) is 63.8 Å². The summed E-state index contributed by atoms with van der Waals surface area (Å²) in [6.45, 7) is 6.97. The lowest BCUT2D eigenvalue weighted by Crippen LogP contribution is -2.41. The van der Waals surface area contributed by atoms with Gasteiger partial charge in [0.05, 0.1) is 19.0 Å². The van der Waals surface area contributed by atoms with E-state index in [9.17, 15) is 4.79 Å². The van der Waals surface area contributed by atoms with Gasteiger partial charge in [0.1, 0.15) is 0 Å². The monoisotopic (exact) mass is 406 g/mol. The van der Waals surface area contributed by atoms with Gasteiger partial charge in [-0.3, -0.25) is 9.69 Å². The zero-order valence-corrected chi connectivity index (χ0v) is 18.1. The smallest absolute Gasteiger partial charge is 0.178 e. The fraction of sp³-hybridized carbons (Fsp3) is 0.600. The molecule has 0 amide bonds. The Morgan fingerprint density at radius 2 is 1.73 bits per heavy atom. The van der Waals surface area contributed by atoms with Crippen molar-refractivity contribution in [3.05, 3.63) is 36.0 Å². The second kappa shape index (κ2) is 10.2. The van der Waals surface area contributed by atoms with Crippen LogP contribution in [-0.2, 0) is 6.54 Å². The predicted octanol–water partition coefficient (Wildman–Crippen LogP) is 4.33. The van der Waals surface area contributed by atoms with Crippen molar-refractivity contribution in [3.63, 3.8) is 0 Å². The maximum absolute atomic E-state index is 13.1. The number of para-hydroxylation sites is 1. The van der Waals surface area contributed by atoms with Crippen LogP contribution in [0.4, 0.5) is 0 Å². The molecule has 1 aromatic heterocycles. The molecule has 2 aromatic rings. The van der Waals surface area contributed by atoms with Gasteiger partial charge in [0.2, 0.25) is 0 Å². The lowest BCUT2D eigenvalue weighted by Gasteiger charge is -2.34. The van der Waals surface area contributed by atoms with Gasteiger partial charge < -0.3 is 9.47 Å². The minimum absolute atomic E-state index is 0.202. The largest absolute Gasteiger partial charge is 0.346 e. The molecule has 2 fully saturated rings. The van der Waals surface area contributed by atoms with Gasteiger partial charge >= 0.3 is 0 Å². The summed E-state index contributed by atoms with van der Waals surface area (Å²) in [5, 5.41) is 9.94. The van der Waals surface area contributed by atoms with Crippen molar-refractivity contribution in [2.45, 2.75) is 51.5 Å². The highest BCUT2D eigenvalue weighted by molar-refractivity contribution is 6.09. The minimum Gasteiger partial charge on any atom is -0.346 e. The summed E-state index contributed by atoms with van der Waals surface area (Å²) in [6, 6.07) is 10.3. The van der Waals surface area contributed by atoms with E-state index in [1.165, 1.54) is 58.2 Å². The van der Waals surface area contributed by atoms with E-state index >= 15 is 0 Å². The van der Waals surface area contributed by atoms with Gasteiger partial charge in [-0.25, -0.2) is 0 Å². The molecule has 3 heterocycles. The molecule has 0 saturated carbocycles. The number of aromatic nitrogens is 1. The van der Waals surface area contributed by atoms with E-state index in [0.29, 0.717) is 19.5 Å². The van der Waals surface area contributed by atoms with Crippen molar-refractivity contribution >= 4 is 16.7 Å². The molecule has 0 radical (unpaired) electrons. The molecule has 0 aliphatic carbocycles. The fourth-order valence-electron chi connectivity index (χ4n) is 5.12. The van der Waals surface area contributed by atoms with E-state index in [1.54, 1.807) is 0 Å². The van der Waals surface area contributed by atoms with Crippen molar-refractivity contribution in [2.24, 2.45) is 5.92 Å². The second-order valence-electron chi connectivity index (χ2n) is 9.02. The van der Waals surface area contributed by atoms with Crippen molar-refractivity contribution in [3.8, 4) is 6.07 Å². The lowest BCUT2D eigenvalue weighted by molar-refractivity contribution is 0.0878. The van der Waals surface area contributed by atoms with Gasteiger partial charge in [0.15, 0.2) is 5.78 Å². The summed E-state index contributed by atoms with van der Waals surface area (Å²) in [6.07, 6.45) is 10.3. The summed E-state index contributed by atoms with van der Waals surface area (Å²) < 4.78 is 2.05. The van der Waals surface area contributed by atoms with Crippen LogP contribution in [0.5, 0.6) is 0 Å². The van der Waals surface area contributed by atoms with E-state index in [0.717, 1.165) is 35.5 Å². The number of ketones is 1. The van der Waals surface area contributed by atoms with E-state index in [4.69, 9.17) is 5.26 Å². The number of nitrogens with zero attached hydrogens (tertiary/aromatic N) is 4. The van der Waals surface area contributed by atoms with Crippen molar-refractivity contribution in [1.29, 1.82) is 5.26 Å². The molecular weight excluding hydrogens is 372 g/mol. The van der Waals surface area contributed by atoms with Crippen LogP contribution < -0.4 is 0 Å². The molecule has 0 unspecified atom stereocenters. The number of Topliss-reactive ketones (excluding diaryl/α,β-unsaturated/α-hetero) is 1. The van der Waals surface area contributed by atoms with Crippen LogP contribution in [0.2, 0.25) is 0 Å². The Labute approximate surface area is 180 Å². The molecule has 0 N–H and O–H groups in total. The standard InChI is InChI=1S/C25H34N4O/c26-12-7-15-29-19-23(22-8-3-4-9-24(22)29)25(30)20-28-16-10-21(11-17-28)18-27-13-5-1-2-6-14-27/h3-4,8-9,19,21H,1-2,5-7,10-11,13-18,20H2. The average Bonchev–Trinajstić information content (AvgIpc) is 2.94. The molecule has 5 heteroatoms. The molecule has 1 aromatic carbocycles. The van der Waals surface area contributed by atoms with E-state index in [-0.39, 0.29) is 5.78 Å². The highest BCUT2D eigenvalue weighted by Gasteiger charge is 2.24. The maximum atomic E-state index is 13.1. The molecule has 0 atom stereocenters. The Hall–Kier alpha value is -2.16. The summed E-state index contributed by atoms with van der Waals surface area (Å²) in [5.41, 5.74) is 1.85. The first-order chi connectivity index (χ1) is 14.7. The van der Waals surface area contributed by atoms with Crippen LogP contribution in [-0.4, -0.2) is 59.4 Å². The first-order valence-corrected chi connectivity index (χ1v) is 11.7. The molecular formula is C25H34N4O. The Balaban J connectivity index is 1.33. The summed E-state index contributed by atoms with van der Waals surface area (Å²) in [7, 11) is 0. The number of hydrogen-bond acceptors (Lipinski definition) is 4. The summed E-state index contributed by atoms with van der Waals surface area (Å²) in [4.78, 5) is 18.1. The number of nitriles is 1. The van der Waals surface area contributed by atoms with Gasteiger partial charge in [0, 0.05) is 35.8 Å². The molecule has 0 bridgehead atoms. The number of likely N-dealkylation sites (tertiary alicyclic amines) is 2. The van der Waals surface area contributed by atoms with Crippen LogP contribution in [0.3, 0.4) is 0 Å². The van der Waals surface area contributed by atoms with Crippen molar-refractivity contribution < 1.29 is 4.79 Å². The Morgan fingerprint density at radius 1 is 1.00 bits per heavy atom. The normalized spacial score (nSPS) is 19.6. The molecule has 2 aliphatic heterocycles. The number of fused-ring (bicyclic) bond motifs is 1. The second-order valence-corrected chi connectivity index (χ2v) is 9.02. The number of benzene rings is 1. The topological polar surface area (TPSA) is 52.3 Å². The van der Waals surface area contributed by atoms with Crippen molar-refractivity contribution in [2.75, 3.05) is 39.3 Å². The number of carbonyl (C=O) groups is 1. The molecule has 160 valence electrons. The highest BCUT2D eigenvalue weighted by atomic mass is 16.1. The zero-order valence-electron chi connectivity index (χ0n) is 18.1. The van der Waals surface area contributed by atoms with Gasteiger partial charge in [-0.2, -0.15) is 5.26 Å². The summed E-state index contributed by atoms with van der Waals surface area (Å²) in [5.74, 6) is 0.982. The quantitative estimate of drug-likeness (QED) is 0.643. The van der Waals surface area contributed by atoms with E-state index < -0.39 is 0 Å². The Bertz CT molecular complexity index is 880. The van der Waals surface area contributed by atoms with Crippen LogP contribution in [0.15, 0.2) is 30.5 Å². The van der Waals surface area contributed by atoms with Gasteiger partial charge in [0.25, 0.3) is 0 Å². The third-order valence-electron chi connectivity index (χ3n) is 6.84. The average molecular weight is 407 g/mol. The molecule has 2 aliphatic rings. The SMILES string of the molecule is N#CCCn1cc(C(=O)CN2CCC(CN3CCCCCC3)CC2)c2ccccc21. The minimum atomic E-state index is 0.202. The van der Waals surface area contributed by atoms with Gasteiger partial charge in [-0.15, -0.1) is 0 Å². The molecule has 2 saturated heterocycles. The molecule has 0 spiro atoms. The van der Waals surface area contributed by atoms with E-state index in [2.05, 4.69) is 20.4 Å². The first-order valence-electron chi connectivity index (χ1n) is 11.7. The van der Waals surface area contributed by atoms with Gasteiger partial charge in [-0.1, -0.05) is 31.0 Å². The third-order valence-corrected chi connectivity index (χ3v) is 6.84. The Morgan fingerprint density at radius 3 is 2.47 bits per heavy atom. The number of hydrogen-bond donors (Lipinski definition) is 0. The van der Waals surface area contributed by atoms with E-state index in [1.807, 2.05) is 30.5 Å². The van der Waals surface area contributed by atoms with Crippen LogP contribution in [0.25, 0.3) is 10.9 Å². The lowest BCUT2D eigenvalue weighted by atomic mass is 9.95. The number of piperidine rings is 1. The summed E-state index contributed by atoms with van der Waals surface area (Å²) >= 11 is 0. The molecule has 4 rings (SSSR count). The van der Waals surface area contributed by atoms with Crippen LogP contribution >= 0.6 is 0 Å². The predicted molar refractivity (Wildman–Crippen MR) is 121 cm³/mol. The number of carbonyl (C=O) groups excluding carboxylic acids is 1. The fourth-order valence-corrected chi connectivity index (χ4v) is 5.12. The number of aryl methyl sites for hydroxylation is 1. The zero-order chi connectivity index (χ0) is 20.8.